The standard InChI is InChI=1S/C11H10BrCl/c1-9-8-10(4-2-3-7-13)5-6-11(9)12/h5-6,8H,3,7H2,1H3. The van der Waals surface area contributed by atoms with Crippen LogP contribution in [-0.2, 0) is 0 Å². The molecule has 0 unspecified atom stereocenters. The van der Waals surface area contributed by atoms with Crippen molar-refractivity contribution in [3.05, 3.63) is 33.8 Å². The van der Waals surface area contributed by atoms with E-state index in [1.54, 1.807) is 0 Å². The largest absolute Gasteiger partial charge is 0.126 e. The zero-order valence-electron chi connectivity index (χ0n) is 7.40. The van der Waals surface area contributed by atoms with Gasteiger partial charge in [-0.15, -0.1) is 11.6 Å². The Morgan fingerprint density at radius 2 is 2.23 bits per heavy atom. The summed E-state index contributed by atoms with van der Waals surface area (Å²) in [4.78, 5) is 0. The lowest BCUT2D eigenvalue weighted by atomic mass is 10.1. The third-order valence-electron chi connectivity index (χ3n) is 1.61. The molecule has 0 fully saturated rings. The summed E-state index contributed by atoms with van der Waals surface area (Å²) in [7, 11) is 0. The van der Waals surface area contributed by atoms with E-state index >= 15 is 0 Å². The molecule has 1 rings (SSSR count). The number of hydrogen-bond acceptors (Lipinski definition) is 0. The maximum absolute atomic E-state index is 5.51. The molecule has 0 bridgehead atoms. The van der Waals surface area contributed by atoms with Crippen LogP contribution >= 0.6 is 27.5 Å². The van der Waals surface area contributed by atoms with E-state index in [9.17, 15) is 0 Å². The summed E-state index contributed by atoms with van der Waals surface area (Å²) in [5.74, 6) is 6.66. The van der Waals surface area contributed by atoms with E-state index in [1.165, 1.54) is 5.56 Å². The SMILES string of the molecule is Cc1cc(C#CCCCl)ccc1Br. The van der Waals surface area contributed by atoms with Crippen LogP contribution in [0, 0.1) is 18.8 Å². The maximum atomic E-state index is 5.51. The van der Waals surface area contributed by atoms with Gasteiger partial charge < -0.3 is 0 Å². The Balaban J connectivity index is 2.81. The lowest BCUT2D eigenvalue weighted by Crippen LogP contribution is -1.79. The highest BCUT2D eigenvalue weighted by molar-refractivity contribution is 9.10. The van der Waals surface area contributed by atoms with Crippen molar-refractivity contribution < 1.29 is 0 Å². The summed E-state index contributed by atoms with van der Waals surface area (Å²) in [6.45, 7) is 2.05. The Kier molecular flexibility index (Phi) is 4.35. The van der Waals surface area contributed by atoms with E-state index in [0.29, 0.717) is 5.88 Å². The zero-order chi connectivity index (χ0) is 9.68. The van der Waals surface area contributed by atoms with Crippen molar-refractivity contribution in [2.45, 2.75) is 13.3 Å². The van der Waals surface area contributed by atoms with Gasteiger partial charge in [-0.3, -0.25) is 0 Å². The Hall–Kier alpha value is -0.450. The molecule has 0 atom stereocenters. The molecular weight excluding hydrogens is 247 g/mol. The monoisotopic (exact) mass is 256 g/mol. The van der Waals surface area contributed by atoms with Crippen molar-refractivity contribution in [2.24, 2.45) is 0 Å². The summed E-state index contributed by atoms with van der Waals surface area (Å²) in [5, 5.41) is 0. The van der Waals surface area contributed by atoms with Crippen LogP contribution in [-0.4, -0.2) is 5.88 Å². The van der Waals surface area contributed by atoms with Crippen molar-refractivity contribution in [2.75, 3.05) is 5.88 Å². The first kappa shape index (κ1) is 10.6. The minimum absolute atomic E-state index is 0.600. The summed E-state index contributed by atoms with van der Waals surface area (Å²) < 4.78 is 1.12. The quantitative estimate of drug-likeness (QED) is 0.531. The molecule has 0 radical (unpaired) electrons. The molecule has 0 saturated carbocycles. The van der Waals surface area contributed by atoms with Crippen molar-refractivity contribution in [1.82, 2.24) is 0 Å². The van der Waals surface area contributed by atoms with Crippen molar-refractivity contribution in [1.29, 1.82) is 0 Å². The average Bonchev–Trinajstić information content (AvgIpc) is 2.12. The minimum Gasteiger partial charge on any atom is -0.126 e. The molecule has 1 aromatic carbocycles. The normalized spacial score (nSPS) is 9.15. The number of aryl methyl sites for hydroxylation is 1. The van der Waals surface area contributed by atoms with Gasteiger partial charge >= 0.3 is 0 Å². The van der Waals surface area contributed by atoms with E-state index in [-0.39, 0.29) is 0 Å². The van der Waals surface area contributed by atoms with Crippen LogP contribution in [0.2, 0.25) is 0 Å². The minimum atomic E-state index is 0.600. The summed E-state index contributed by atoms with van der Waals surface area (Å²) in [5.41, 5.74) is 2.25. The first-order valence-electron chi connectivity index (χ1n) is 4.05. The summed E-state index contributed by atoms with van der Waals surface area (Å²) in [6.07, 6.45) is 0.747. The second-order valence-corrected chi connectivity index (χ2v) is 3.94. The molecule has 0 N–H and O–H groups in total. The Morgan fingerprint density at radius 3 is 2.85 bits per heavy atom. The number of rotatable bonds is 1. The van der Waals surface area contributed by atoms with E-state index in [0.717, 1.165) is 16.5 Å². The fourth-order valence-corrected chi connectivity index (χ4v) is 1.28. The van der Waals surface area contributed by atoms with E-state index < -0.39 is 0 Å². The molecule has 68 valence electrons. The fourth-order valence-electron chi connectivity index (χ4n) is 0.934. The average molecular weight is 258 g/mol. The number of hydrogen-bond donors (Lipinski definition) is 0. The highest BCUT2D eigenvalue weighted by Crippen LogP contribution is 2.16. The predicted octanol–water partition coefficient (Wildman–Crippen LogP) is 3.74. The molecule has 0 aliphatic carbocycles. The molecule has 0 aromatic heterocycles. The van der Waals surface area contributed by atoms with Crippen LogP contribution < -0.4 is 0 Å². The van der Waals surface area contributed by atoms with Crippen LogP contribution in [0.5, 0.6) is 0 Å². The Bertz CT molecular complexity index is 347. The lowest BCUT2D eigenvalue weighted by molar-refractivity contribution is 1.29. The van der Waals surface area contributed by atoms with Crippen molar-refractivity contribution >= 4 is 27.5 Å². The van der Waals surface area contributed by atoms with Gasteiger partial charge in [0.2, 0.25) is 0 Å². The fraction of sp³-hybridized carbons (Fsp3) is 0.273. The summed E-state index contributed by atoms with van der Waals surface area (Å²) >= 11 is 8.96. The Labute approximate surface area is 92.4 Å². The first-order chi connectivity index (χ1) is 6.24. The zero-order valence-corrected chi connectivity index (χ0v) is 9.74. The molecule has 0 amide bonds. The highest BCUT2D eigenvalue weighted by atomic mass is 79.9. The van der Waals surface area contributed by atoms with Crippen LogP contribution in [0.25, 0.3) is 0 Å². The van der Waals surface area contributed by atoms with Gasteiger partial charge in [0.05, 0.1) is 0 Å². The molecule has 2 heteroatoms. The number of benzene rings is 1. The second-order valence-electron chi connectivity index (χ2n) is 2.70. The van der Waals surface area contributed by atoms with Crippen LogP contribution in [0.15, 0.2) is 22.7 Å². The molecular formula is C11H10BrCl. The molecule has 0 aliphatic rings. The Morgan fingerprint density at radius 1 is 1.46 bits per heavy atom. The smallest absolute Gasteiger partial charge is 0.0333 e. The van der Waals surface area contributed by atoms with Gasteiger partial charge in [0, 0.05) is 22.3 Å². The molecule has 0 nitrogen and oxygen atoms in total. The third kappa shape index (κ3) is 3.42. The van der Waals surface area contributed by atoms with Crippen LogP contribution in [0.3, 0.4) is 0 Å². The number of alkyl halides is 1. The van der Waals surface area contributed by atoms with Gasteiger partial charge in [-0.25, -0.2) is 0 Å². The maximum Gasteiger partial charge on any atom is 0.0333 e. The van der Waals surface area contributed by atoms with E-state index in [1.807, 2.05) is 12.1 Å². The van der Waals surface area contributed by atoms with Crippen molar-refractivity contribution in [3.8, 4) is 11.8 Å². The molecule has 0 saturated heterocycles. The predicted molar refractivity (Wildman–Crippen MR) is 61.1 cm³/mol. The van der Waals surface area contributed by atoms with E-state index in [2.05, 4.69) is 40.8 Å². The number of halogens is 2. The van der Waals surface area contributed by atoms with Gasteiger partial charge in [-0.1, -0.05) is 27.8 Å². The molecule has 1 aromatic rings. The van der Waals surface area contributed by atoms with Crippen LogP contribution in [0.1, 0.15) is 17.5 Å². The van der Waals surface area contributed by atoms with E-state index in [4.69, 9.17) is 11.6 Å². The molecule has 0 spiro atoms. The van der Waals surface area contributed by atoms with Gasteiger partial charge in [-0.2, -0.15) is 0 Å². The molecule has 0 heterocycles. The first-order valence-corrected chi connectivity index (χ1v) is 5.38. The van der Waals surface area contributed by atoms with Gasteiger partial charge in [0.1, 0.15) is 0 Å². The van der Waals surface area contributed by atoms with Gasteiger partial charge in [0.25, 0.3) is 0 Å². The highest BCUT2D eigenvalue weighted by Gasteiger charge is 1.93. The van der Waals surface area contributed by atoms with Crippen LogP contribution in [0.4, 0.5) is 0 Å². The second kappa shape index (κ2) is 5.32. The molecule has 13 heavy (non-hydrogen) atoms. The third-order valence-corrected chi connectivity index (χ3v) is 2.69. The molecule has 0 aliphatic heterocycles. The van der Waals surface area contributed by atoms with Crippen molar-refractivity contribution in [3.63, 3.8) is 0 Å². The van der Waals surface area contributed by atoms with Gasteiger partial charge in [0.15, 0.2) is 0 Å². The summed E-state index contributed by atoms with van der Waals surface area (Å²) in [6, 6.07) is 6.07. The lowest BCUT2D eigenvalue weighted by Gasteiger charge is -1.96. The topological polar surface area (TPSA) is 0 Å². The van der Waals surface area contributed by atoms with Gasteiger partial charge in [-0.05, 0) is 30.7 Å².